The van der Waals surface area contributed by atoms with Crippen molar-refractivity contribution in [1.82, 2.24) is 0 Å². The molecule has 1 aromatic carbocycles. The van der Waals surface area contributed by atoms with Crippen molar-refractivity contribution < 1.29 is 14.6 Å². The Morgan fingerprint density at radius 3 is 2.60 bits per heavy atom. The average Bonchev–Trinajstić information content (AvgIpc) is 2.39. The van der Waals surface area contributed by atoms with Crippen LogP contribution in [0, 0.1) is 11.3 Å². The van der Waals surface area contributed by atoms with Gasteiger partial charge in [0.1, 0.15) is 19.8 Å². The first-order valence-electron chi connectivity index (χ1n) is 5.81. The van der Waals surface area contributed by atoms with E-state index in [0.717, 1.165) is 0 Å². The van der Waals surface area contributed by atoms with Crippen molar-refractivity contribution >= 4 is 38.0 Å². The Labute approximate surface area is 129 Å². The molecule has 0 aliphatic heterocycles. The lowest BCUT2D eigenvalue weighted by Crippen LogP contribution is -2.60. The van der Waals surface area contributed by atoms with Crippen LogP contribution in [0.25, 0.3) is 0 Å². The lowest BCUT2D eigenvalue weighted by molar-refractivity contribution is -0.316. The summed E-state index contributed by atoms with van der Waals surface area (Å²) in [6, 6.07) is 6.56. The Balaban J connectivity index is 3.15. The van der Waals surface area contributed by atoms with Crippen LogP contribution >= 0.6 is 23.2 Å². The number of carboxylic acids is 1. The maximum absolute atomic E-state index is 11.5. The van der Waals surface area contributed by atoms with E-state index < -0.39 is 25.5 Å². The zero-order chi connectivity index (χ0) is 15.5. The summed E-state index contributed by atoms with van der Waals surface area (Å²) in [4.78, 5) is 11.5. The molecular formula is C13H13Cl2NO3Si-. The molecule has 2 atom stereocenters. The molecule has 0 spiro atoms. The summed E-state index contributed by atoms with van der Waals surface area (Å²) in [6.07, 6.45) is 0. The van der Waals surface area contributed by atoms with Crippen molar-refractivity contribution in [3.05, 3.63) is 28.2 Å². The normalized spacial score (nSPS) is 15.2. The minimum Gasteiger partial charge on any atom is -0.546 e. The van der Waals surface area contributed by atoms with E-state index in [9.17, 15) is 9.90 Å². The third-order valence-corrected chi connectivity index (χ3v) is 6.96. The number of nitriles is 1. The van der Waals surface area contributed by atoms with Gasteiger partial charge in [-0.3, -0.25) is 0 Å². The number of ether oxygens (including phenoxy) is 1. The number of hydrogen-bond donors (Lipinski definition) is 0. The lowest BCUT2D eigenvalue weighted by atomic mass is 10.3. The van der Waals surface area contributed by atoms with Crippen molar-refractivity contribution in [2.45, 2.75) is 31.2 Å². The second kappa shape index (κ2) is 6.49. The predicted molar refractivity (Wildman–Crippen MR) is 77.2 cm³/mol. The number of rotatable bonds is 5. The van der Waals surface area contributed by atoms with E-state index >= 15 is 0 Å². The number of carboxylic acid groups (broad SMARTS) is 1. The van der Waals surface area contributed by atoms with Gasteiger partial charge in [0.2, 0.25) is 0 Å². The first-order chi connectivity index (χ1) is 9.22. The topological polar surface area (TPSA) is 73.1 Å². The third-order valence-electron chi connectivity index (χ3n) is 3.19. The van der Waals surface area contributed by atoms with Crippen LogP contribution in [-0.2, 0) is 4.79 Å². The molecule has 0 aliphatic carbocycles. The molecule has 0 heterocycles. The lowest BCUT2D eigenvalue weighted by Gasteiger charge is -2.37. The van der Waals surface area contributed by atoms with Gasteiger partial charge in [0, 0.05) is 10.6 Å². The van der Waals surface area contributed by atoms with E-state index in [0.29, 0.717) is 5.02 Å². The molecule has 0 fully saturated rings. The fourth-order valence-electron chi connectivity index (χ4n) is 1.57. The number of nitrogens with zero attached hydrogens (tertiary/aromatic N) is 1. The van der Waals surface area contributed by atoms with Crippen LogP contribution in [-0.4, -0.2) is 20.0 Å². The Bertz CT molecular complexity index is 561. The largest absolute Gasteiger partial charge is 0.546 e. The quantitative estimate of drug-likeness (QED) is 0.778. The maximum atomic E-state index is 11.5. The van der Waals surface area contributed by atoms with Gasteiger partial charge in [0.15, 0.2) is 0 Å². The van der Waals surface area contributed by atoms with E-state index in [1.165, 1.54) is 19.1 Å². The summed E-state index contributed by atoms with van der Waals surface area (Å²) < 4.78 is 5.58. The van der Waals surface area contributed by atoms with E-state index in [1.54, 1.807) is 19.5 Å². The summed E-state index contributed by atoms with van der Waals surface area (Å²) in [6.45, 7) is 4.80. The highest BCUT2D eigenvalue weighted by Gasteiger charge is 2.40. The van der Waals surface area contributed by atoms with E-state index in [-0.39, 0.29) is 10.8 Å². The number of carbonyl (C=O) groups is 1. The molecule has 0 aliphatic rings. The van der Waals surface area contributed by atoms with Crippen molar-refractivity contribution in [1.29, 1.82) is 5.26 Å². The zero-order valence-electron chi connectivity index (χ0n) is 11.2. The van der Waals surface area contributed by atoms with Crippen molar-refractivity contribution in [3.63, 3.8) is 0 Å². The predicted octanol–water partition coefficient (Wildman–Crippen LogP) is 2.46. The van der Waals surface area contributed by atoms with E-state index in [2.05, 4.69) is 6.07 Å². The third kappa shape index (κ3) is 3.45. The van der Waals surface area contributed by atoms with Crippen LogP contribution in [0.4, 0.5) is 0 Å². The van der Waals surface area contributed by atoms with Crippen LogP contribution in [0.3, 0.4) is 0 Å². The summed E-state index contributed by atoms with van der Waals surface area (Å²) in [5, 5.41) is 19.5. The molecule has 0 amide bonds. The molecule has 2 unspecified atom stereocenters. The van der Waals surface area contributed by atoms with Crippen LogP contribution < -0.4 is 9.84 Å². The fourth-order valence-corrected chi connectivity index (χ4v) is 3.63. The van der Waals surface area contributed by atoms with Crippen molar-refractivity contribution in [3.8, 4) is 11.8 Å². The molecule has 4 nitrogen and oxygen atoms in total. The summed E-state index contributed by atoms with van der Waals surface area (Å²) >= 11 is 11.8. The molecule has 107 valence electrons. The molecule has 1 aromatic rings. The van der Waals surface area contributed by atoms with Gasteiger partial charge in [0.25, 0.3) is 0 Å². The number of benzene rings is 1. The Hall–Kier alpha value is -1.22. The maximum Gasteiger partial charge on any atom is 0.138 e. The van der Waals surface area contributed by atoms with Gasteiger partial charge in [-0.1, -0.05) is 36.7 Å². The van der Waals surface area contributed by atoms with Gasteiger partial charge in [-0.25, -0.2) is 0 Å². The molecule has 0 bridgehead atoms. The van der Waals surface area contributed by atoms with Crippen LogP contribution in [0.5, 0.6) is 5.75 Å². The Morgan fingerprint density at radius 2 is 2.15 bits per heavy atom. The smallest absolute Gasteiger partial charge is 0.138 e. The Morgan fingerprint density at radius 1 is 1.55 bits per heavy atom. The van der Waals surface area contributed by atoms with E-state index in [4.69, 9.17) is 33.2 Å². The van der Waals surface area contributed by atoms with E-state index in [1.807, 2.05) is 0 Å². The van der Waals surface area contributed by atoms with Gasteiger partial charge in [-0.2, -0.15) is 5.26 Å². The number of hydrogen-bond acceptors (Lipinski definition) is 4. The van der Waals surface area contributed by atoms with Crippen molar-refractivity contribution in [2.24, 2.45) is 0 Å². The number of carbonyl (C=O) groups excluding carboxylic acids is 1. The Kier molecular flexibility index (Phi) is 5.46. The second-order valence-corrected chi connectivity index (χ2v) is 8.56. The van der Waals surface area contributed by atoms with Gasteiger partial charge >= 0.3 is 0 Å². The first kappa shape index (κ1) is 16.8. The SMILES string of the molecule is CC(C#N)[Si](C)C(C)(Oc1ccc(Cl)cc1Cl)C(=O)[O-]. The number of halogens is 2. The molecule has 0 aromatic heterocycles. The summed E-state index contributed by atoms with van der Waals surface area (Å²) in [7, 11) is -1.72. The molecule has 0 saturated carbocycles. The zero-order valence-corrected chi connectivity index (χ0v) is 13.7. The second-order valence-electron chi connectivity index (χ2n) is 4.53. The average molecular weight is 330 g/mol. The van der Waals surface area contributed by atoms with Gasteiger partial charge in [0.05, 0.1) is 17.1 Å². The van der Waals surface area contributed by atoms with Crippen molar-refractivity contribution in [2.75, 3.05) is 0 Å². The molecule has 1 rings (SSSR count). The fraction of sp³-hybridized carbons (Fsp3) is 0.385. The molecular weight excluding hydrogens is 317 g/mol. The number of aliphatic carboxylic acids is 1. The first-order valence-corrected chi connectivity index (χ1v) is 8.64. The molecule has 7 heteroatoms. The molecule has 0 saturated heterocycles. The molecule has 1 radical (unpaired) electrons. The van der Waals surface area contributed by atoms with Gasteiger partial charge < -0.3 is 14.6 Å². The van der Waals surface area contributed by atoms with Gasteiger partial charge in [-0.15, -0.1) is 0 Å². The minimum absolute atomic E-state index is 0.206. The van der Waals surface area contributed by atoms with Crippen LogP contribution in [0.1, 0.15) is 13.8 Å². The monoisotopic (exact) mass is 329 g/mol. The van der Waals surface area contributed by atoms with Crippen LogP contribution in [0.15, 0.2) is 18.2 Å². The van der Waals surface area contributed by atoms with Crippen LogP contribution in [0.2, 0.25) is 22.1 Å². The standard InChI is InChI=1S/C13H14Cl2NO3Si/c1-8(7-16)20(3)13(2,12(17)18)19-11-5-4-9(14)6-10(11)15/h4-6,8H,1-3H3,(H,17,18)/p-1. The van der Waals surface area contributed by atoms with Gasteiger partial charge in [-0.05, 0) is 25.1 Å². The molecule has 0 N–H and O–H groups in total. The highest BCUT2D eigenvalue weighted by Crippen LogP contribution is 2.33. The summed E-state index contributed by atoms with van der Waals surface area (Å²) in [5.74, 6) is -1.15. The summed E-state index contributed by atoms with van der Waals surface area (Å²) in [5.41, 5.74) is -0.422. The highest BCUT2D eigenvalue weighted by molar-refractivity contribution is 6.66. The minimum atomic E-state index is -1.72. The highest BCUT2D eigenvalue weighted by atomic mass is 35.5. The molecule has 20 heavy (non-hydrogen) atoms.